The van der Waals surface area contributed by atoms with Crippen molar-refractivity contribution in [1.82, 2.24) is 0 Å². The summed E-state index contributed by atoms with van der Waals surface area (Å²) in [6.07, 6.45) is 1.27. The van der Waals surface area contributed by atoms with E-state index in [4.69, 9.17) is 5.73 Å². The van der Waals surface area contributed by atoms with Crippen molar-refractivity contribution in [1.29, 1.82) is 0 Å². The number of benzene rings is 1. The fourth-order valence-corrected chi connectivity index (χ4v) is 1.71. The van der Waals surface area contributed by atoms with Crippen LogP contribution < -0.4 is 10.6 Å². The van der Waals surface area contributed by atoms with E-state index in [2.05, 4.69) is 0 Å². The van der Waals surface area contributed by atoms with E-state index < -0.39 is 34.8 Å². The van der Waals surface area contributed by atoms with E-state index in [0.717, 1.165) is 11.3 Å². The summed E-state index contributed by atoms with van der Waals surface area (Å²) in [6.45, 7) is 2.08. The zero-order chi connectivity index (χ0) is 14.6. The van der Waals surface area contributed by atoms with Crippen LogP contribution >= 0.6 is 0 Å². The molecule has 0 spiro atoms. The summed E-state index contributed by atoms with van der Waals surface area (Å²) in [5, 5.41) is 0. The summed E-state index contributed by atoms with van der Waals surface area (Å²) in [7, 11) is 0. The molecule has 19 heavy (non-hydrogen) atoms. The van der Waals surface area contributed by atoms with Crippen molar-refractivity contribution in [2.75, 3.05) is 24.5 Å². The number of halogens is 5. The monoisotopic (exact) mass is 282 g/mol. The lowest BCUT2D eigenvalue weighted by atomic mass is 10.2. The van der Waals surface area contributed by atoms with Gasteiger partial charge in [0.15, 0.2) is 23.3 Å². The van der Waals surface area contributed by atoms with Crippen molar-refractivity contribution in [2.45, 2.75) is 19.8 Å². The Hall–Kier alpha value is -1.37. The van der Waals surface area contributed by atoms with Crippen LogP contribution in [0.3, 0.4) is 0 Å². The van der Waals surface area contributed by atoms with Crippen LogP contribution in [0.5, 0.6) is 0 Å². The molecule has 0 bridgehead atoms. The van der Waals surface area contributed by atoms with Gasteiger partial charge in [-0.15, -0.1) is 0 Å². The summed E-state index contributed by atoms with van der Waals surface area (Å²) < 4.78 is 66.3. The number of rotatable bonds is 6. The average molecular weight is 282 g/mol. The lowest BCUT2D eigenvalue weighted by molar-refractivity contribution is 0.378. The van der Waals surface area contributed by atoms with Crippen LogP contribution in [-0.2, 0) is 0 Å². The lowest BCUT2D eigenvalue weighted by Gasteiger charge is -2.25. The lowest BCUT2D eigenvalue weighted by Crippen LogP contribution is -2.32. The Labute approximate surface area is 108 Å². The minimum atomic E-state index is -2.15. The maximum absolute atomic E-state index is 13.6. The minimum Gasteiger partial charge on any atom is -0.365 e. The number of hydrogen-bond acceptors (Lipinski definition) is 2. The maximum atomic E-state index is 13.6. The van der Waals surface area contributed by atoms with Gasteiger partial charge in [0.2, 0.25) is 5.82 Å². The van der Waals surface area contributed by atoms with Crippen LogP contribution in [0.25, 0.3) is 0 Å². The minimum absolute atomic E-state index is 0.0123. The summed E-state index contributed by atoms with van der Waals surface area (Å²) in [5.41, 5.74) is 4.39. The largest absolute Gasteiger partial charge is 0.365 e. The Balaban J connectivity index is 3.29. The molecule has 0 amide bonds. The number of nitrogens with two attached hydrogens (primary N) is 1. The van der Waals surface area contributed by atoms with Gasteiger partial charge in [-0.05, 0) is 6.42 Å². The van der Waals surface area contributed by atoms with Crippen LogP contribution in [0.1, 0.15) is 19.8 Å². The quantitative estimate of drug-likeness (QED) is 0.494. The Morgan fingerprint density at radius 3 is 1.74 bits per heavy atom. The Bertz CT molecular complexity index is 421. The molecule has 0 fully saturated rings. The van der Waals surface area contributed by atoms with Gasteiger partial charge < -0.3 is 10.6 Å². The first kappa shape index (κ1) is 15.7. The molecule has 0 aliphatic heterocycles. The number of anilines is 1. The van der Waals surface area contributed by atoms with Crippen molar-refractivity contribution in [3.8, 4) is 0 Å². The highest BCUT2D eigenvalue weighted by Gasteiger charge is 2.28. The standard InChI is InChI=1S/C12H15F5N2/c1-2-3-5-19(6-4-18)12-10(16)8(14)7(13)9(15)11(12)17/h2-6,18H2,1H3. The van der Waals surface area contributed by atoms with E-state index in [9.17, 15) is 22.0 Å². The Morgan fingerprint density at radius 1 is 0.842 bits per heavy atom. The first-order chi connectivity index (χ1) is 8.95. The van der Waals surface area contributed by atoms with Crippen molar-refractivity contribution < 1.29 is 22.0 Å². The van der Waals surface area contributed by atoms with E-state index in [0.29, 0.717) is 6.42 Å². The van der Waals surface area contributed by atoms with Gasteiger partial charge in [0.25, 0.3) is 0 Å². The van der Waals surface area contributed by atoms with E-state index >= 15 is 0 Å². The molecule has 1 rings (SSSR count). The molecule has 2 N–H and O–H groups in total. The van der Waals surface area contributed by atoms with Gasteiger partial charge in [-0.25, -0.2) is 22.0 Å². The first-order valence-electron chi connectivity index (χ1n) is 5.92. The smallest absolute Gasteiger partial charge is 0.200 e. The van der Waals surface area contributed by atoms with Crippen LogP contribution in [0.2, 0.25) is 0 Å². The molecule has 7 heteroatoms. The molecule has 0 aliphatic rings. The van der Waals surface area contributed by atoms with Gasteiger partial charge in [0.1, 0.15) is 5.69 Å². The second kappa shape index (κ2) is 6.70. The van der Waals surface area contributed by atoms with Crippen LogP contribution in [0.4, 0.5) is 27.6 Å². The van der Waals surface area contributed by atoms with Gasteiger partial charge in [-0.3, -0.25) is 0 Å². The van der Waals surface area contributed by atoms with E-state index in [-0.39, 0.29) is 19.6 Å². The van der Waals surface area contributed by atoms with Gasteiger partial charge in [0, 0.05) is 19.6 Å². The predicted molar refractivity (Wildman–Crippen MR) is 62.4 cm³/mol. The van der Waals surface area contributed by atoms with E-state index in [1.54, 1.807) is 0 Å². The molecule has 0 aliphatic carbocycles. The van der Waals surface area contributed by atoms with Crippen LogP contribution in [0, 0.1) is 29.1 Å². The summed E-state index contributed by atoms with van der Waals surface area (Å²) in [4.78, 5) is 1.08. The molecule has 0 heterocycles. The molecular formula is C12H15F5N2. The van der Waals surface area contributed by atoms with E-state index in [1.165, 1.54) is 0 Å². The van der Waals surface area contributed by atoms with Crippen molar-refractivity contribution in [3.63, 3.8) is 0 Å². The molecule has 0 saturated heterocycles. The fourth-order valence-electron chi connectivity index (χ4n) is 1.71. The van der Waals surface area contributed by atoms with Crippen LogP contribution in [-0.4, -0.2) is 19.6 Å². The van der Waals surface area contributed by atoms with Crippen molar-refractivity contribution >= 4 is 5.69 Å². The second-order valence-corrected chi connectivity index (χ2v) is 4.05. The van der Waals surface area contributed by atoms with Gasteiger partial charge in [-0.1, -0.05) is 13.3 Å². The van der Waals surface area contributed by atoms with Crippen molar-refractivity contribution in [3.05, 3.63) is 29.1 Å². The normalized spacial score (nSPS) is 10.9. The average Bonchev–Trinajstić information content (AvgIpc) is 2.40. The summed E-state index contributed by atoms with van der Waals surface area (Å²) in [5.74, 6) is -9.66. The predicted octanol–water partition coefficient (Wildman–Crippen LogP) is 2.95. The SMILES string of the molecule is CCCCN(CCN)c1c(F)c(F)c(F)c(F)c1F. The fraction of sp³-hybridized carbons (Fsp3) is 0.500. The van der Waals surface area contributed by atoms with Gasteiger partial charge >= 0.3 is 0 Å². The Kier molecular flexibility index (Phi) is 5.53. The first-order valence-corrected chi connectivity index (χ1v) is 5.92. The third-order valence-corrected chi connectivity index (χ3v) is 2.68. The van der Waals surface area contributed by atoms with Crippen molar-refractivity contribution in [2.24, 2.45) is 5.73 Å². The second-order valence-electron chi connectivity index (χ2n) is 4.05. The highest BCUT2D eigenvalue weighted by molar-refractivity contribution is 5.50. The zero-order valence-electron chi connectivity index (χ0n) is 10.4. The molecule has 2 nitrogen and oxygen atoms in total. The molecule has 1 aromatic rings. The molecule has 0 unspecified atom stereocenters. The summed E-state index contributed by atoms with van der Waals surface area (Å²) >= 11 is 0. The highest BCUT2D eigenvalue weighted by atomic mass is 19.2. The zero-order valence-corrected chi connectivity index (χ0v) is 10.4. The van der Waals surface area contributed by atoms with Gasteiger partial charge in [0.05, 0.1) is 0 Å². The molecule has 0 radical (unpaired) electrons. The third kappa shape index (κ3) is 3.15. The molecule has 108 valence electrons. The maximum Gasteiger partial charge on any atom is 0.200 e. The molecule has 0 atom stereocenters. The summed E-state index contributed by atoms with van der Waals surface area (Å²) in [6, 6.07) is 0. The highest BCUT2D eigenvalue weighted by Crippen LogP contribution is 2.30. The number of hydrogen-bond donors (Lipinski definition) is 1. The number of unbranched alkanes of at least 4 members (excludes halogenated alkanes) is 1. The van der Waals surface area contributed by atoms with Crippen LogP contribution in [0.15, 0.2) is 0 Å². The Morgan fingerprint density at radius 2 is 1.32 bits per heavy atom. The molecule has 0 saturated carbocycles. The number of nitrogens with zero attached hydrogens (tertiary/aromatic N) is 1. The molecule has 0 aromatic heterocycles. The van der Waals surface area contributed by atoms with Gasteiger partial charge in [-0.2, -0.15) is 0 Å². The molecule has 1 aromatic carbocycles. The topological polar surface area (TPSA) is 29.3 Å². The molecular weight excluding hydrogens is 267 g/mol. The third-order valence-electron chi connectivity index (χ3n) is 2.68. The van der Waals surface area contributed by atoms with E-state index in [1.807, 2.05) is 6.92 Å².